The second-order valence-corrected chi connectivity index (χ2v) is 6.48. The van der Waals surface area contributed by atoms with Crippen molar-refractivity contribution in [2.45, 2.75) is 32.9 Å². The quantitative estimate of drug-likeness (QED) is 0.736. The molecule has 0 aliphatic rings. The largest absolute Gasteiger partial charge is 0.493 e. The standard InChI is InChI=1S/C18H27N3O3/c1-13(2)18(3,12-19)20-16(22)11-21(4)10-14-8-7-9-15(23-5)17(14)24-6/h7-9,13H,10-11H2,1-6H3,(H,20,22)/p+1/t18-/m1/s1. The van der Waals surface area contributed by atoms with E-state index in [0.29, 0.717) is 18.0 Å². The van der Waals surface area contributed by atoms with Gasteiger partial charge in [-0.3, -0.25) is 4.79 Å². The summed E-state index contributed by atoms with van der Waals surface area (Å²) in [6, 6.07) is 7.88. The number of nitrogens with one attached hydrogen (secondary N) is 2. The number of likely N-dealkylation sites (N-methyl/N-ethyl adjacent to an activating group) is 1. The highest BCUT2D eigenvalue weighted by molar-refractivity contribution is 5.78. The first-order chi connectivity index (χ1) is 11.3. The minimum atomic E-state index is -0.856. The zero-order valence-corrected chi connectivity index (χ0v) is 15.4. The van der Waals surface area contributed by atoms with Gasteiger partial charge in [0.25, 0.3) is 5.91 Å². The highest BCUT2D eigenvalue weighted by Crippen LogP contribution is 2.29. The van der Waals surface area contributed by atoms with Gasteiger partial charge in [0, 0.05) is 0 Å². The molecule has 0 heterocycles. The van der Waals surface area contributed by atoms with Gasteiger partial charge in [0.05, 0.1) is 32.9 Å². The topological polar surface area (TPSA) is 75.8 Å². The van der Waals surface area contributed by atoms with Gasteiger partial charge >= 0.3 is 0 Å². The summed E-state index contributed by atoms with van der Waals surface area (Å²) in [6.07, 6.45) is 0. The molecule has 1 aromatic carbocycles. The first kappa shape index (κ1) is 19.8. The minimum Gasteiger partial charge on any atom is -0.493 e. The highest BCUT2D eigenvalue weighted by Gasteiger charge is 2.30. The van der Waals surface area contributed by atoms with Gasteiger partial charge in [-0.15, -0.1) is 0 Å². The van der Waals surface area contributed by atoms with Crippen molar-refractivity contribution >= 4 is 5.91 Å². The van der Waals surface area contributed by atoms with Gasteiger partial charge in [0.15, 0.2) is 18.0 Å². The van der Waals surface area contributed by atoms with E-state index in [4.69, 9.17) is 9.47 Å². The van der Waals surface area contributed by atoms with Crippen LogP contribution in [0.15, 0.2) is 18.2 Å². The smallest absolute Gasteiger partial charge is 0.276 e. The van der Waals surface area contributed by atoms with Crippen LogP contribution in [0.2, 0.25) is 0 Å². The number of quaternary nitrogens is 1. The van der Waals surface area contributed by atoms with Gasteiger partial charge in [0.1, 0.15) is 12.1 Å². The molecule has 0 radical (unpaired) electrons. The molecule has 1 aromatic rings. The minimum absolute atomic E-state index is 0.0326. The Morgan fingerprint density at radius 1 is 1.38 bits per heavy atom. The third-order valence-electron chi connectivity index (χ3n) is 4.23. The highest BCUT2D eigenvalue weighted by atomic mass is 16.5. The Morgan fingerprint density at radius 2 is 2.04 bits per heavy atom. The maximum Gasteiger partial charge on any atom is 0.276 e. The molecule has 2 N–H and O–H groups in total. The Kier molecular flexibility index (Phi) is 7.05. The lowest BCUT2D eigenvalue weighted by atomic mass is 9.90. The molecule has 0 bridgehead atoms. The second kappa shape index (κ2) is 8.55. The molecule has 132 valence electrons. The molecular weight excluding hydrogens is 306 g/mol. The fourth-order valence-electron chi connectivity index (χ4n) is 2.39. The number of carbonyl (C=O) groups is 1. The van der Waals surface area contributed by atoms with Crippen molar-refractivity contribution in [3.8, 4) is 17.6 Å². The Morgan fingerprint density at radius 3 is 2.54 bits per heavy atom. The maximum atomic E-state index is 12.3. The van der Waals surface area contributed by atoms with Crippen molar-refractivity contribution in [2.75, 3.05) is 27.8 Å². The first-order valence-electron chi connectivity index (χ1n) is 8.00. The molecular formula is C18H28N3O3+. The predicted octanol–water partition coefficient (Wildman–Crippen LogP) is 0.773. The monoisotopic (exact) mass is 334 g/mol. The Bertz CT molecular complexity index is 610. The molecule has 2 atom stereocenters. The van der Waals surface area contributed by atoms with Gasteiger partial charge < -0.3 is 19.7 Å². The Labute approximate surface area is 144 Å². The summed E-state index contributed by atoms with van der Waals surface area (Å²) in [5.74, 6) is 1.24. The van der Waals surface area contributed by atoms with E-state index in [9.17, 15) is 10.1 Å². The zero-order chi connectivity index (χ0) is 18.3. The van der Waals surface area contributed by atoms with E-state index in [1.165, 1.54) is 0 Å². The molecule has 24 heavy (non-hydrogen) atoms. The number of nitriles is 1. The molecule has 1 unspecified atom stereocenters. The van der Waals surface area contributed by atoms with Crippen LogP contribution in [-0.4, -0.2) is 39.3 Å². The van der Waals surface area contributed by atoms with E-state index >= 15 is 0 Å². The van der Waals surface area contributed by atoms with Crippen molar-refractivity contribution in [3.63, 3.8) is 0 Å². The van der Waals surface area contributed by atoms with Crippen molar-refractivity contribution in [1.82, 2.24) is 5.32 Å². The molecule has 0 aliphatic carbocycles. The predicted molar refractivity (Wildman–Crippen MR) is 92.0 cm³/mol. The molecule has 0 aliphatic heterocycles. The van der Waals surface area contributed by atoms with Crippen molar-refractivity contribution in [1.29, 1.82) is 5.26 Å². The van der Waals surface area contributed by atoms with Crippen LogP contribution in [0.25, 0.3) is 0 Å². The average Bonchev–Trinajstić information content (AvgIpc) is 2.53. The molecule has 0 saturated carbocycles. The van der Waals surface area contributed by atoms with Gasteiger partial charge in [-0.1, -0.05) is 19.9 Å². The van der Waals surface area contributed by atoms with Gasteiger partial charge in [-0.05, 0) is 25.0 Å². The number of ether oxygens (including phenoxy) is 2. The molecule has 6 heteroatoms. The van der Waals surface area contributed by atoms with E-state index in [0.717, 1.165) is 10.5 Å². The fraction of sp³-hybridized carbons (Fsp3) is 0.556. The SMILES string of the molecule is COc1cccc(C[NH+](C)CC(=O)N[C@](C)(C#N)C(C)C)c1OC. The number of methoxy groups -OCH3 is 2. The third kappa shape index (κ3) is 4.87. The number of carbonyl (C=O) groups excluding carboxylic acids is 1. The number of rotatable bonds is 8. The lowest BCUT2D eigenvalue weighted by molar-refractivity contribution is -0.885. The summed E-state index contributed by atoms with van der Waals surface area (Å²) in [4.78, 5) is 13.3. The summed E-state index contributed by atoms with van der Waals surface area (Å²) >= 11 is 0. The number of hydrogen-bond acceptors (Lipinski definition) is 4. The Balaban J connectivity index is 2.75. The van der Waals surface area contributed by atoms with Crippen LogP contribution in [0.5, 0.6) is 11.5 Å². The Hall–Kier alpha value is -2.26. The van der Waals surface area contributed by atoms with Crippen LogP contribution in [0.1, 0.15) is 26.3 Å². The molecule has 0 aromatic heterocycles. The lowest BCUT2D eigenvalue weighted by Crippen LogP contribution is -3.09. The number of benzene rings is 1. The first-order valence-corrected chi connectivity index (χ1v) is 8.00. The summed E-state index contributed by atoms with van der Waals surface area (Å²) in [7, 11) is 5.13. The molecule has 0 fully saturated rings. The summed E-state index contributed by atoms with van der Waals surface area (Å²) in [6.45, 7) is 6.46. The number of hydrogen-bond donors (Lipinski definition) is 2. The van der Waals surface area contributed by atoms with Gasteiger partial charge in [0.2, 0.25) is 0 Å². The number of amides is 1. The average molecular weight is 334 g/mol. The van der Waals surface area contributed by atoms with Gasteiger partial charge in [-0.25, -0.2) is 0 Å². The number of nitrogens with zero attached hydrogens (tertiary/aromatic N) is 1. The van der Waals surface area contributed by atoms with Crippen molar-refractivity contribution in [3.05, 3.63) is 23.8 Å². The summed E-state index contributed by atoms with van der Waals surface area (Å²) < 4.78 is 10.7. The zero-order valence-electron chi connectivity index (χ0n) is 15.4. The normalized spacial score (nSPS) is 14.4. The van der Waals surface area contributed by atoms with Crippen LogP contribution < -0.4 is 19.7 Å². The van der Waals surface area contributed by atoms with Gasteiger partial charge in [-0.2, -0.15) is 5.26 Å². The van der Waals surface area contributed by atoms with E-state index in [2.05, 4.69) is 11.4 Å². The van der Waals surface area contributed by atoms with Crippen molar-refractivity contribution in [2.24, 2.45) is 5.92 Å². The van der Waals surface area contributed by atoms with E-state index < -0.39 is 5.54 Å². The second-order valence-electron chi connectivity index (χ2n) is 6.48. The van der Waals surface area contributed by atoms with Crippen LogP contribution in [-0.2, 0) is 11.3 Å². The van der Waals surface area contributed by atoms with E-state index in [-0.39, 0.29) is 18.4 Å². The summed E-state index contributed by atoms with van der Waals surface area (Å²) in [5, 5.41) is 12.1. The molecule has 6 nitrogen and oxygen atoms in total. The maximum absolute atomic E-state index is 12.3. The molecule has 1 rings (SSSR count). The molecule has 1 amide bonds. The lowest BCUT2D eigenvalue weighted by Gasteiger charge is -2.27. The molecule has 0 spiro atoms. The fourth-order valence-corrected chi connectivity index (χ4v) is 2.39. The van der Waals surface area contributed by atoms with Crippen LogP contribution >= 0.6 is 0 Å². The van der Waals surface area contributed by atoms with E-state index in [1.54, 1.807) is 21.1 Å². The van der Waals surface area contributed by atoms with Crippen LogP contribution in [0.3, 0.4) is 0 Å². The molecule has 0 saturated heterocycles. The van der Waals surface area contributed by atoms with E-state index in [1.807, 2.05) is 39.1 Å². The van der Waals surface area contributed by atoms with Crippen LogP contribution in [0.4, 0.5) is 0 Å². The van der Waals surface area contributed by atoms with Crippen molar-refractivity contribution < 1.29 is 19.2 Å². The third-order valence-corrected chi connectivity index (χ3v) is 4.23. The number of para-hydroxylation sites is 1. The van der Waals surface area contributed by atoms with Crippen LogP contribution in [0, 0.1) is 17.2 Å². The summed E-state index contributed by atoms with van der Waals surface area (Å²) in [5.41, 5.74) is 0.111.